The first kappa shape index (κ1) is 23.7. The number of hydrogen-bond donors (Lipinski definition) is 0. The maximum absolute atomic E-state index is 13.6. The Morgan fingerprint density at radius 2 is 0.919 bits per heavy atom. The van der Waals surface area contributed by atoms with Crippen molar-refractivity contribution in [3.8, 4) is 0 Å². The third kappa shape index (κ3) is 4.10. The number of alkyl halides is 6. The molecule has 0 aliphatic heterocycles. The SMILES string of the molecule is FC(F)(F)c1cccc(P(c2cccc(C(F)(F)F)c2)c2ccc3ccc4cccc5ccc2c3c45)c1. The molecule has 0 atom stereocenters. The predicted molar refractivity (Wildman–Crippen MR) is 139 cm³/mol. The lowest BCUT2D eigenvalue weighted by Gasteiger charge is -2.24. The van der Waals surface area contributed by atoms with Crippen molar-refractivity contribution in [3.63, 3.8) is 0 Å². The second kappa shape index (κ2) is 8.46. The molecular formula is C30H17F6P. The van der Waals surface area contributed by atoms with Crippen LogP contribution in [0.25, 0.3) is 32.3 Å². The molecule has 0 radical (unpaired) electrons. The average molecular weight is 522 g/mol. The van der Waals surface area contributed by atoms with Crippen molar-refractivity contribution in [1.82, 2.24) is 0 Å². The minimum Gasteiger partial charge on any atom is -0.166 e. The fraction of sp³-hybridized carbons (Fsp3) is 0.0667. The topological polar surface area (TPSA) is 0 Å². The van der Waals surface area contributed by atoms with Gasteiger partial charge in [0.25, 0.3) is 0 Å². The molecule has 7 heteroatoms. The quantitative estimate of drug-likeness (QED) is 0.124. The lowest BCUT2D eigenvalue weighted by molar-refractivity contribution is -0.138. The van der Waals surface area contributed by atoms with E-state index >= 15 is 0 Å². The molecule has 184 valence electrons. The van der Waals surface area contributed by atoms with Gasteiger partial charge in [0, 0.05) is 0 Å². The van der Waals surface area contributed by atoms with E-state index in [1.807, 2.05) is 54.6 Å². The summed E-state index contributed by atoms with van der Waals surface area (Å²) in [7, 11) is -1.75. The molecule has 6 aromatic carbocycles. The maximum atomic E-state index is 13.6. The van der Waals surface area contributed by atoms with Crippen molar-refractivity contribution in [3.05, 3.63) is 114 Å². The smallest absolute Gasteiger partial charge is 0.166 e. The number of hydrogen-bond acceptors (Lipinski definition) is 0. The predicted octanol–water partition coefficient (Wildman–Crippen LogP) is 8.38. The van der Waals surface area contributed by atoms with E-state index < -0.39 is 31.4 Å². The summed E-state index contributed by atoms with van der Waals surface area (Å²) in [5.74, 6) is 0. The number of benzene rings is 6. The minimum absolute atomic E-state index is 0.333. The van der Waals surface area contributed by atoms with Gasteiger partial charge in [-0.1, -0.05) is 78.9 Å². The molecule has 0 unspecified atom stereocenters. The van der Waals surface area contributed by atoms with Crippen molar-refractivity contribution in [2.45, 2.75) is 12.4 Å². The molecule has 0 heterocycles. The highest BCUT2D eigenvalue weighted by atomic mass is 31.1. The Kier molecular flexibility index (Phi) is 5.43. The van der Waals surface area contributed by atoms with E-state index in [1.54, 1.807) is 12.1 Å². The Morgan fingerprint density at radius 1 is 0.459 bits per heavy atom. The van der Waals surface area contributed by atoms with Crippen molar-refractivity contribution in [2.24, 2.45) is 0 Å². The van der Waals surface area contributed by atoms with Gasteiger partial charge in [-0.25, -0.2) is 0 Å². The molecule has 37 heavy (non-hydrogen) atoms. The Labute approximate surface area is 209 Å². The molecule has 0 aliphatic rings. The molecule has 0 fully saturated rings. The summed E-state index contributed by atoms with van der Waals surface area (Å²) in [4.78, 5) is 0. The van der Waals surface area contributed by atoms with Crippen LogP contribution in [-0.2, 0) is 12.4 Å². The van der Waals surface area contributed by atoms with E-state index in [2.05, 4.69) is 0 Å². The van der Waals surface area contributed by atoms with Gasteiger partial charge in [-0.15, -0.1) is 0 Å². The van der Waals surface area contributed by atoms with Crippen molar-refractivity contribution in [1.29, 1.82) is 0 Å². The van der Waals surface area contributed by atoms with E-state index in [0.717, 1.165) is 56.6 Å². The Balaban J connectivity index is 1.68. The Morgan fingerprint density at radius 3 is 1.46 bits per heavy atom. The van der Waals surface area contributed by atoms with Crippen molar-refractivity contribution in [2.75, 3.05) is 0 Å². The summed E-state index contributed by atoms with van der Waals surface area (Å²) in [5.41, 5.74) is -1.66. The monoisotopic (exact) mass is 522 g/mol. The van der Waals surface area contributed by atoms with Crippen molar-refractivity contribution < 1.29 is 26.3 Å². The second-order valence-electron chi connectivity index (χ2n) is 8.87. The summed E-state index contributed by atoms with van der Waals surface area (Å²) in [5, 5.41) is 7.19. The van der Waals surface area contributed by atoms with Crippen LogP contribution in [0.2, 0.25) is 0 Å². The van der Waals surface area contributed by atoms with Crippen LogP contribution in [-0.4, -0.2) is 0 Å². The summed E-state index contributed by atoms with van der Waals surface area (Å²) in [6.45, 7) is 0. The largest absolute Gasteiger partial charge is 0.416 e. The van der Waals surface area contributed by atoms with Gasteiger partial charge < -0.3 is 0 Å². The molecule has 0 nitrogen and oxygen atoms in total. The Hall–Kier alpha value is -3.63. The van der Waals surface area contributed by atoms with Crippen LogP contribution < -0.4 is 15.9 Å². The molecule has 0 saturated carbocycles. The molecule has 0 N–H and O–H groups in total. The van der Waals surface area contributed by atoms with E-state index in [-0.39, 0.29) is 0 Å². The highest BCUT2D eigenvalue weighted by Gasteiger charge is 2.33. The molecule has 6 aromatic rings. The highest BCUT2D eigenvalue weighted by molar-refractivity contribution is 7.80. The van der Waals surface area contributed by atoms with Crippen LogP contribution in [0.3, 0.4) is 0 Å². The van der Waals surface area contributed by atoms with Crippen LogP contribution >= 0.6 is 7.92 Å². The third-order valence-electron chi connectivity index (χ3n) is 6.61. The standard InChI is InChI=1S/C30H17F6P/c31-29(32,33)21-6-2-8-23(16-21)37(24-9-3-7-22(17-24)30(34,35)36)26-15-13-20-11-10-18-4-1-5-19-12-14-25(26)28(20)27(18)19/h1-17H. The molecule has 0 bridgehead atoms. The van der Waals surface area contributed by atoms with Crippen LogP contribution in [0.15, 0.2) is 103 Å². The molecular weight excluding hydrogens is 505 g/mol. The molecule has 0 aliphatic carbocycles. The molecule has 0 spiro atoms. The fourth-order valence-electron chi connectivity index (χ4n) is 4.98. The minimum atomic E-state index is -4.58. The van der Waals surface area contributed by atoms with Crippen molar-refractivity contribution >= 4 is 56.2 Å². The van der Waals surface area contributed by atoms with E-state index in [9.17, 15) is 26.3 Å². The zero-order valence-electron chi connectivity index (χ0n) is 19.0. The van der Waals surface area contributed by atoms with Gasteiger partial charge in [0.15, 0.2) is 0 Å². The first-order valence-electron chi connectivity index (χ1n) is 11.4. The number of halogens is 6. The third-order valence-corrected chi connectivity index (χ3v) is 9.07. The zero-order valence-corrected chi connectivity index (χ0v) is 19.9. The van der Waals surface area contributed by atoms with E-state index in [4.69, 9.17) is 0 Å². The first-order chi connectivity index (χ1) is 17.6. The molecule has 0 aromatic heterocycles. The molecule has 0 amide bonds. The summed E-state index contributed by atoms with van der Waals surface area (Å²) >= 11 is 0. The molecule has 6 rings (SSSR count). The summed E-state index contributed by atoms with van der Waals surface area (Å²) in [6.07, 6.45) is -9.15. The highest BCUT2D eigenvalue weighted by Crippen LogP contribution is 2.42. The normalized spacial score (nSPS) is 12.8. The van der Waals surface area contributed by atoms with Crippen LogP contribution in [0, 0.1) is 0 Å². The first-order valence-corrected chi connectivity index (χ1v) is 12.8. The summed E-state index contributed by atoms with van der Waals surface area (Å²) < 4.78 is 81.8. The van der Waals surface area contributed by atoms with E-state index in [1.165, 1.54) is 12.1 Å². The summed E-state index contributed by atoms with van der Waals surface area (Å²) in [6, 6.07) is 27.4. The fourth-order valence-corrected chi connectivity index (χ4v) is 7.50. The van der Waals surface area contributed by atoms with Gasteiger partial charge in [0.1, 0.15) is 0 Å². The van der Waals surface area contributed by atoms with Gasteiger partial charge in [0.2, 0.25) is 0 Å². The lowest BCUT2D eigenvalue weighted by atomic mass is 9.94. The van der Waals surface area contributed by atoms with Gasteiger partial charge >= 0.3 is 12.4 Å². The van der Waals surface area contributed by atoms with Gasteiger partial charge in [0.05, 0.1) is 11.1 Å². The lowest BCUT2D eigenvalue weighted by Crippen LogP contribution is -2.23. The van der Waals surface area contributed by atoms with Gasteiger partial charge in [-0.3, -0.25) is 0 Å². The van der Waals surface area contributed by atoms with Crippen LogP contribution in [0.5, 0.6) is 0 Å². The Bertz CT molecular complexity index is 1690. The van der Waals surface area contributed by atoms with Crippen LogP contribution in [0.1, 0.15) is 11.1 Å². The van der Waals surface area contributed by atoms with Gasteiger partial charge in [-0.05, 0) is 80.4 Å². The van der Waals surface area contributed by atoms with Gasteiger partial charge in [-0.2, -0.15) is 26.3 Å². The average Bonchev–Trinajstić information content (AvgIpc) is 2.87. The van der Waals surface area contributed by atoms with Crippen LogP contribution in [0.4, 0.5) is 26.3 Å². The maximum Gasteiger partial charge on any atom is 0.416 e. The number of rotatable bonds is 3. The zero-order chi connectivity index (χ0) is 25.9. The molecule has 0 saturated heterocycles. The van der Waals surface area contributed by atoms with E-state index in [0.29, 0.717) is 15.9 Å². The second-order valence-corrected chi connectivity index (χ2v) is 11.1.